The van der Waals surface area contributed by atoms with Crippen LogP contribution in [-0.2, 0) is 19.1 Å². The minimum absolute atomic E-state index is 0.119. The monoisotopic (exact) mass is 466 g/mol. The first kappa shape index (κ1) is 26.2. The van der Waals surface area contributed by atoms with Gasteiger partial charge in [0, 0.05) is 11.6 Å². The average molecular weight is 467 g/mol. The van der Waals surface area contributed by atoms with Gasteiger partial charge in [0.25, 0.3) is 0 Å². The van der Waals surface area contributed by atoms with Crippen LogP contribution in [0.1, 0.15) is 78.2 Å². The second-order valence-electron chi connectivity index (χ2n) is 11.2. The van der Waals surface area contributed by atoms with Gasteiger partial charge in [0.05, 0.1) is 13.7 Å². The average Bonchev–Trinajstić information content (AvgIpc) is 2.81. The Morgan fingerprint density at radius 3 is 2.56 bits per heavy atom. The van der Waals surface area contributed by atoms with Crippen molar-refractivity contribution in [3.63, 3.8) is 0 Å². The van der Waals surface area contributed by atoms with Gasteiger partial charge in [-0.1, -0.05) is 70.5 Å². The standard InChI is InChI=1S/C30H42O4/c1-22(18-21-34-27(31)17-13-23-10-7-6-8-11-23)12-15-25-24(28(32)33-5)14-16-26-29(2,3)19-9-20-30(25,26)4/h6-8,10-11,13-14,17,22,25-26H,9,12,15-16,18-21H2,1-5H3/b17-13+/t22-,25-,26-,30-/m1/s1. The van der Waals surface area contributed by atoms with E-state index in [1.807, 2.05) is 30.3 Å². The molecule has 2 aliphatic rings. The summed E-state index contributed by atoms with van der Waals surface area (Å²) in [6.45, 7) is 9.82. The van der Waals surface area contributed by atoms with Crippen LogP contribution in [0.3, 0.4) is 0 Å². The number of benzene rings is 1. The van der Waals surface area contributed by atoms with Crippen molar-refractivity contribution in [3.05, 3.63) is 53.6 Å². The molecule has 0 bridgehead atoms. The Kier molecular flexibility index (Phi) is 8.78. The summed E-state index contributed by atoms with van der Waals surface area (Å²) in [6.07, 6.45) is 12.8. The molecule has 4 heteroatoms. The van der Waals surface area contributed by atoms with Crippen molar-refractivity contribution in [3.8, 4) is 0 Å². The molecule has 0 aliphatic heterocycles. The lowest BCUT2D eigenvalue weighted by Gasteiger charge is -2.56. The van der Waals surface area contributed by atoms with Crippen LogP contribution in [-0.4, -0.2) is 25.7 Å². The number of ether oxygens (including phenoxy) is 2. The normalized spacial score (nSPS) is 26.9. The molecule has 2 aliphatic carbocycles. The zero-order valence-corrected chi connectivity index (χ0v) is 21.6. The first-order valence-corrected chi connectivity index (χ1v) is 12.9. The minimum atomic E-state index is -0.306. The molecule has 0 spiro atoms. The number of carbonyl (C=O) groups excluding carboxylic acids is 2. The summed E-state index contributed by atoms with van der Waals surface area (Å²) in [5, 5.41) is 0. The maximum Gasteiger partial charge on any atom is 0.333 e. The van der Waals surface area contributed by atoms with Gasteiger partial charge in [0.1, 0.15) is 0 Å². The van der Waals surface area contributed by atoms with Crippen molar-refractivity contribution >= 4 is 18.0 Å². The first-order valence-electron chi connectivity index (χ1n) is 12.9. The number of rotatable bonds is 9. The number of allylic oxidation sites excluding steroid dienone is 1. The van der Waals surface area contributed by atoms with Gasteiger partial charge in [-0.25, -0.2) is 9.59 Å². The molecular weight excluding hydrogens is 424 g/mol. The predicted octanol–water partition coefficient (Wildman–Crippen LogP) is 7.00. The quantitative estimate of drug-likeness (QED) is 0.290. The molecule has 0 radical (unpaired) electrons. The highest BCUT2D eigenvalue weighted by molar-refractivity contribution is 5.89. The van der Waals surface area contributed by atoms with Crippen LogP contribution in [0.4, 0.5) is 0 Å². The Hall–Kier alpha value is -2.36. The van der Waals surface area contributed by atoms with Crippen LogP contribution in [0.2, 0.25) is 0 Å². The predicted molar refractivity (Wildman–Crippen MR) is 137 cm³/mol. The molecule has 0 aromatic heterocycles. The van der Waals surface area contributed by atoms with Gasteiger partial charge in [-0.3, -0.25) is 0 Å². The van der Waals surface area contributed by atoms with E-state index in [1.165, 1.54) is 32.4 Å². The molecule has 1 aromatic carbocycles. The van der Waals surface area contributed by atoms with Gasteiger partial charge in [0.15, 0.2) is 0 Å². The number of methoxy groups -OCH3 is 1. The van der Waals surface area contributed by atoms with Gasteiger partial charge >= 0.3 is 11.9 Å². The topological polar surface area (TPSA) is 52.6 Å². The van der Waals surface area contributed by atoms with Gasteiger partial charge in [-0.05, 0) is 78.7 Å². The Bertz CT molecular complexity index is 898. The molecule has 186 valence electrons. The smallest absolute Gasteiger partial charge is 0.333 e. The lowest BCUT2D eigenvalue weighted by atomic mass is 9.48. The fourth-order valence-corrected chi connectivity index (χ4v) is 6.48. The van der Waals surface area contributed by atoms with Crippen molar-refractivity contribution in [2.75, 3.05) is 13.7 Å². The van der Waals surface area contributed by atoms with Gasteiger partial charge in [-0.15, -0.1) is 0 Å². The van der Waals surface area contributed by atoms with E-state index < -0.39 is 0 Å². The number of esters is 2. The lowest BCUT2D eigenvalue weighted by molar-refractivity contribution is -0.140. The Labute approximate surface area is 205 Å². The van der Waals surface area contributed by atoms with Crippen molar-refractivity contribution in [2.24, 2.45) is 28.6 Å². The van der Waals surface area contributed by atoms with Crippen molar-refractivity contribution in [1.29, 1.82) is 0 Å². The molecule has 1 fully saturated rings. The van der Waals surface area contributed by atoms with E-state index in [9.17, 15) is 9.59 Å². The highest BCUT2D eigenvalue weighted by Crippen LogP contribution is 2.60. The summed E-state index contributed by atoms with van der Waals surface area (Å²) in [7, 11) is 1.49. The zero-order valence-electron chi connectivity index (χ0n) is 21.6. The summed E-state index contributed by atoms with van der Waals surface area (Å²) in [5.41, 5.74) is 2.27. The number of hydrogen-bond acceptors (Lipinski definition) is 4. The van der Waals surface area contributed by atoms with Crippen molar-refractivity contribution in [2.45, 2.75) is 72.6 Å². The Balaban J connectivity index is 1.55. The second-order valence-corrected chi connectivity index (χ2v) is 11.2. The second kappa shape index (κ2) is 11.4. The molecule has 0 saturated heterocycles. The summed E-state index contributed by atoms with van der Waals surface area (Å²) < 4.78 is 10.6. The molecule has 0 heterocycles. The van der Waals surface area contributed by atoms with Crippen LogP contribution >= 0.6 is 0 Å². The van der Waals surface area contributed by atoms with E-state index in [1.54, 1.807) is 6.08 Å². The third kappa shape index (κ3) is 6.20. The highest BCUT2D eigenvalue weighted by Gasteiger charge is 2.53. The maximum atomic E-state index is 12.7. The van der Waals surface area contributed by atoms with Gasteiger partial charge in [0.2, 0.25) is 0 Å². The van der Waals surface area contributed by atoms with Gasteiger partial charge < -0.3 is 9.47 Å². The first-order chi connectivity index (χ1) is 16.2. The SMILES string of the molecule is COC(=O)C1=CC[C@@H]2C(C)(C)CCC[C@]2(C)[C@@H]1CC[C@@H](C)CCOC(=O)/C=C/c1ccccc1. The van der Waals surface area contributed by atoms with E-state index >= 15 is 0 Å². The van der Waals surface area contributed by atoms with Gasteiger partial charge in [-0.2, -0.15) is 0 Å². The van der Waals surface area contributed by atoms with E-state index in [4.69, 9.17) is 9.47 Å². The van der Waals surface area contributed by atoms with E-state index in [0.717, 1.165) is 36.8 Å². The fraction of sp³-hybridized carbons (Fsp3) is 0.600. The number of hydrogen-bond donors (Lipinski definition) is 0. The third-order valence-electron chi connectivity index (χ3n) is 8.46. The molecule has 1 saturated carbocycles. The molecule has 0 N–H and O–H groups in total. The minimum Gasteiger partial charge on any atom is -0.466 e. The summed E-state index contributed by atoms with van der Waals surface area (Å²) in [6, 6.07) is 9.73. The van der Waals surface area contributed by atoms with E-state index in [0.29, 0.717) is 18.4 Å². The third-order valence-corrected chi connectivity index (χ3v) is 8.46. The largest absolute Gasteiger partial charge is 0.466 e. The molecule has 4 nitrogen and oxygen atoms in total. The Morgan fingerprint density at radius 1 is 1.12 bits per heavy atom. The van der Waals surface area contributed by atoms with E-state index in [-0.39, 0.29) is 28.7 Å². The lowest BCUT2D eigenvalue weighted by Crippen LogP contribution is -2.49. The molecule has 0 unspecified atom stereocenters. The molecular formula is C30H42O4. The highest BCUT2D eigenvalue weighted by atomic mass is 16.5. The van der Waals surface area contributed by atoms with Crippen molar-refractivity contribution in [1.82, 2.24) is 0 Å². The zero-order chi connectivity index (χ0) is 24.8. The van der Waals surface area contributed by atoms with Crippen LogP contribution in [0, 0.1) is 28.6 Å². The number of carbonyl (C=O) groups is 2. The van der Waals surface area contributed by atoms with Crippen LogP contribution < -0.4 is 0 Å². The van der Waals surface area contributed by atoms with Crippen LogP contribution in [0.25, 0.3) is 6.08 Å². The molecule has 0 amide bonds. The molecule has 3 rings (SSSR count). The molecule has 1 aromatic rings. The van der Waals surface area contributed by atoms with Crippen LogP contribution in [0.5, 0.6) is 0 Å². The van der Waals surface area contributed by atoms with Crippen molar-refractivity contribution < 1.29 is 19.1 Å². The van der Waals surface area contributed by atoms with E-state index in [2.05, 4.69) is 33.8 Å². The molecule has 34 heavy (non-hydrogen) atoms. The fourth-order valence-electron chi connectivity index (χ4n) is 6.48. The Morgan fingerprint density at radius 2 is 1.85 bits per heavy atom. The summed E-state index contributed by atoms with van der Waals surface area (Å²) in [4.78, 5) is 24.7. The van der Waals surface area contributed by atoms with Crippen LogP contribution in [0.15, 0.2) is 48.1 Å². The summed E-state index contributed by atoms with van der Waals surface area (Å²) in [5.74, 6) is 0.737. The maximum absolute atomic E-state index is 12.7. The molecule has 4 atom stereocenters. The number of fused-ring (bicyclic) bond motifs is 1. The summed E-state index contributed by atoms with van der Waals surface area (Å²) >= 11 is 0.